The van der Waals surface area contributed by atoms with Crippen LogP contribution in [0.15, 0.2) is 27.6 Å². The van der Waals surface area contributed by atoms with E-state index in [0.717, 1.165) is 10.9 Å². The first-order valence-corrected chi connectivity index (χ1v) is 8.20. The van der Waals surface area contributed by atoms with Crippen molar-refractivity contribution < 1.29 is 13.7 Å². The van der Waals surface area contributed by atoms with Crippen LogP contribution in [-0.4, -0.2) is 35.6 Å². The van der Waals surface area contributed by atoms with Crippen molar-refractivity contribution in [2.45, 2.75) is 23.5 Å². The summed E-state index contributed by atoms with van der Waals surface area (Å²) in [4.78, 5) is 12.4. The molecule has 1 amide bonds. The SMILES string of the molecule is COCCCNC(=O)C(C)S(=O)c1ccc(Br)cc1N. The lowest BCUT2D eigenvalue weighted by Gasteiger charge is -2.13. The Morgan fingerprint density at radius 1 is 1.55 bits per heavy atom. The molecule has 0 spiro atoms. The molecule has 0 aromatic heterocycles. The number of benzene rings is 1. The summed E-state index contributed by atoms with van der Waals surface area (Å²) in [6.07, 6.45) is 0.724. The smallest absolute Gasteiger partial charge is 0.235 e. The number of hydrogen-bond donors (Lipinski definition) is 2. The number of nitrogen functional groups attached to an aromatic ring is 1. The molecule has 1 aromatic carbocycles. The van der Waals surface area contributed by atoms with Crippen molar-refractivity contribution >= 4 is 38.3 Å². The third-order valence-electron chi connectivity index (χ3n) is 2.70. The van der Waals surface area contributed by atoms with Crippen LogP contribution in [0.4, 0.5) is 5.69 Å². The Hall–Kier alpha value is -0.920. The molecule has 7 heteroatoms. The molecule has 0 aliphatic heterocycles. The molecule has 0 bridgehead atoms. The van der Waals surface area contributed by atoms with Crippen molar-refractivity contribution in [1.29, 1.82) is 0 Å². The van der Waals surface area contributed by atoms with E-state index in [1.165, 1.54) is 0 Å². The first kappa shape index (κ1) is 17.1. The van der Waals surface area contributed by atoms with Gasteiger partial charge in [0.15, 0.2) is 0 Å². The van der Waals surface area contributed by atoms with Crippen molar-refractivity contribution in [2.75, 3.05) is 26.0 Å². The fourth-order valence-corrected chi connectivity index (χ4v) is 3.09. The van der Waals surface area contributed by atoms with Gasteiger partial charge in [-0.05, 0) is 31.5 Å². The number of anilines is 1. The summed E-state index contributed by atoms with van der Waals surface area (Å²) >= 11 is 3.29. The third kappa shape index (κ3) is 4.88. The molecule has 1 rings (SSSR count). The minimum atomic E-state index is -1.47. The maximum Gasteiger partial charge on any atom is 0.235 e. The third-order valence-corrected chi connectivity index (χ3v) is 4.86. The predicted octanol–water partition coefficient (Wildman–Crippen LogP) is 1.68. The van der Waals surface area contributed by atoms with Gasteiger partial charge in [-0.1, -0.05) is 15.9 Å². The number of methoxy groups -OCH3 is 1. The second kappa shape index (κ2) is 8.39. The maximum absolute atomic E-state index is 12.3. The van der Waals surface area contributed by atoms with Crippen LogP contribution in [-0.2, 0) is 20.3 Å². The number of halogens is 1. The summed E-state index contributed by atoms with van der Waals surface area (Å²) in [6.45, 7) is 2.71. The molecule has 20 heavy (non-hydrogen) atoms. The highest BCUT2D eigenvalue weighted by Crippen LogP contribution is 2.23. The minimum Gasteiger partial charge on any atom is -0.398 e. The Morgan fingerprint density at radius 2 is 2.25 bits per heavy atom. The van der Waals surface area contributed by atoms with Gasteiger partial charge in [0.1, 0.15) is 5.25 Å². The van der Waals surface area contributed by atoms with Crippen molar-refractivity contribution in [2.24, 2.45) is 0 Å². The Balaban J connectivity index is 2.64. The summed E-state index contributed by atoms with van der Waals surface area (Å²) in [7, 11) is 0.133. The fourth-order valence-electron chi connectivity index (χ4n) is 1.56. The van der Waals surface area contributed by atoms with Gasteiger partial charge in [-0.25, -0.2) is 0 Å². The number of amides is 1. The zero-order valence-electron chi connectivity index (χ0n) is 11.5. The molecular weight excluding hydrogens is 344 g/mol. The van der Waals surface area contributed by atoms with Gasteiger partial charge in [0, 0.05) is 30.4 Å². The van der Waals surface area contributed by atoms with Gasteiger partial charge in [0.05, 0.1) is 15.7 Å². The molecule has 0 radical (unpaired) electrons. The lowest BCUT2D eigenvalue weighted by atomic mass is 10.3. The van der Waals surface area contributed by atoms with Gasteiger partial charge in [-0.3, -0.25) is 9.00 Å². The van der Waals surface area contributed by atoms with Gasteiger partial charge in [-0.2, -0.15) is 0 Å². The molecule has 0 saturated carbocycles. The molecule has 5 nitrogen and oxygen atoms in total. The number of carbonyl (C=O) groups is 1. The highest BCUT2D eigenvalue weighted by molar-refractivity contribution is 9.10. The summed E-state index contributed by atoms with van der Waals surface area (Å²) in [6, 6.07) is 5.10. The highest BCUT2D eigenvalue weighted by Gasteiger charge is 2.22. The number of hydrogen-bond acceptors (Lipinski definition) is 4. The van der Waals surface area contributed by atoms with E-state index in [1.54, 1.807) is 32.2 Å². The first-order valence-electron chi connectivity index (χ1n) is 6.19. The molecule has 3 N–H and O–H groups in total. The minimum absolute atomic E-state index is 0.248. The van der Waals surface area contributed by atoms with Crippen LogP contribution in [0.25, 0.3) is 0 Å². The Labute approximate surface area is 129 Å². The second-order valence-electron chi connectivity index (χ2n) is 4.26. The van der Waals surface area contributed by atoms with Crippen LogP contribution < -0.4 is 11.1 Å². The Bertz CT molecular complexity index is 497. The van der Waals surface area contributed by atoms with E-state index in [4.69, 9.17) is 10.5 Å². The normalized spacial score (nSPS) is 13.8. The lowest BCUT2D eigenvalue weighted by molar-refractivity contribution is -0.120. The highest BCUT2D eigenvalue weighted by atomic mass is 79.9. The first-order chi connectivity index (χ1) is 9.47. The molecule has 0 heterocycles. The number of nitrogens with one attached hydrogen (secondary N) is 1. The van der Waals surface area contributed by atoms with Crippen molar-refractivity contribution in [3.05, 3.63) is 22.7 Å². The van der Waals surface area contributed by atoms with Gasteiger partial charge in [0.25, 0.3) is 0 Å². The molecule has 0 aliphatic carbocycles. The lowest BCUT2D eigenvalue weighted by Crippen LogP contribution is -2.36. The average molecular weight is 363 g/mol. The van der Waals surface area contributed by atoms with Crippen LogP contribution in [0.2, 0.25) is 0 Å². The Kier molecular flexibility index (Phi) is 7.18. The molecule has 1 aromatic rings. The van der Waals surface area contributed by atoms with Gasteiger partial charge in [-0.15, -0.1) is 0 Å². The second-order valence-corrected chi connectivity index (χ2v) is 6.92. The monoisotopic (exact) mass is 362 g/mol. The topological polar surface area (TPSA) is 81.4 Å². The van der Waals surface area contributed by atoms with Crippen molar-refractivity contribution in [3.63, 3.8) is 0 Å². The molecule has 0 aliphatic rings. The van der Waals surface area contributed by atoms with Crippen LogP contribution in [0, 0.1) is 0 Å². The summed E-state index contributed by atoms with van der Waals surface area (Å²) in [5, 5.41) is 2.08. The van der Waals surface area contributed by atoms with E-state index in [2.05, 4.69) is 21.2 Å². The van der Waals surface area contributed by atoms with Gasteiger partial charge in [0.2, 0.25) is 5.91 Å². The molecule has 2 atom stereocenters. The Morgan fingerprint density at radius 3 is 2.85 bits per heavy atom. The quantitative estimate of drug-likeness (QED) is 0.571. The zero-order chi connectivity index (χ0) is 15.1. The van der Waals surface area contributed by atoms with Crippen molar-refractivity contribution in [3.8, 4) is 0 Å². The van der Waals surface area contributed by atoms with E-state index >= 15 is 0 Å². The van der Waals surface area contributed by atoms with Crippen molar-refractivity contribution in [1.82, 2.24) is 5.32 Å². The predicted molar refractivity (Wildman–Crippen MR) is 83.9 cm³/mol. The largest absolute Gasteiger partial charge is 0.398 e. The number of rotatable bonds is 7. The summed E-state index contributed by atoms with van der Waals surface area (Å²) in [5.74, 6) is -0.248. The van der Waals surface area contributed by atoms with Crippen LogP contribution in [0.1, 0.15) is 13.3 Å². The molecule has 0 fully saturated rings. The number of nitrogens with two attached hydrogens (primary N) is 1. The van der Waals surface area contributed by atoms with Crippen LogP contribution in [0.3, 0.4) is 0 Å². The fraction of sp³-hybridized carbons (Fsp3) is 0.462. The molecule has 112 valence electrons. The van der Waals surface area contributed by atoms with E-state index in [0.29, 0.717) is 23.7 Å². The molecular formula is C13H19BrN2O3S. The number of ether oxygens (including phenoxy) is 1. The number of carbonyl (C=O) groups excluding carboxylic acids is 1. The summed E-state index contributed by atoms with van der Waals surface area (Å²) in [5.41, 5.74) is 6.24. The van der Waals surface area contributed by atoms with E-state index < -0.39 is 16.0 Å². The van der Waals surface area contributed by atoms with Crippen LogP contribution in [0.5, 0.6) is 0 Å². The maximum atomic E-state index is 12.3. The molecule has 2 unspecified atom stereocenters. The summed E-state index contributed by atoms with van der Waals surface area (Å²) < 4.78 is 18.0. The van der Waals surface area contributed by atoms with E-state index in [1.807, 2.05) is 0 Å². The average Bonchev–Trinajstić information content (AvgIpc) is 2.42. The zero-order valence-corrected chi connectivity index (χ0v) is 13.9. The van der Waals surface area contributed by atoms with E-state index in [-0.39, 0.29) is 5.91 Å². The van der Waals surface area contributed by atoms with E-state index in [9.17, 15) is 9.00 Å². The molecule has 0 saturated heterocycles. The van der Waals surface area contributed by atoms with Crippen LogP contribution >= 0.6 is 15.9 Å². The standard InChI is InChI=1S/C13H19BrN2O3S/c1-9(13(17)16-6-3-7-19-2)20(18)12-5-4-10(14)8-11(12)15/h4-5,8-9H,3,6-7,15H2,1-2H3,(H,16,17). The van der Waals surface area contributed by atoms with Gasteiger partial charge >= 0.3 is 0 Å². The van der Waals surface area contributed by atoms with Gasteiger partial charge < -0.3 is 15.8 Å².